The molecule has 178 valence electrons. The smallest absolute Gasteiger partial charge is 0.252 e. The van der Waals surface area contributed by atoms with Gasteiger partial charge in [-0.15, -0.1) is 0 Å². The van der Waals surface area contributed by atoms with Crippen molar-refractivity contribution in [1.29, 1.82) is 0 Å². The van der Waals surface area contributed by atoms with Gasteiger partial charge < -0.3 is 9.47 Å². The number of hydrazone groups is 1. The van der Waals surface area contributed by atoms with Gasteiger partial charge in [0.1, 0.15) is 0 Å². The molecule has 4 unspecified atom stereocenters. The number of hydrogen-bond donors (Lipinski definition) is 0. The third-order valence-electron chi connectivity index (χ3n) is 8.58. The predicted octanol–water partition coefficient (Wildman–Crippen LogP) is 4.74. The van der Waals surface area contributed by atoms with Gasteiger partial charge in [-0.05, 0) is 69.6 Å². The highest BCUT2D eigenvalue weighted by atomic mass is 32.2. The summed E-state index contributed by atoms with van der Waals surface area (Å²) in [6.45, 7) is 2.24. The van der Waals surface area contributed by atoms with E-state index >= 15 is 0 Å². The molecule has 7 heteroatoms. The second kappa shape index (κ2) is 10.1. The Morgan fingerprint density at radius 3 is 2.19 bits per heavy atom. The molecule has 0 N–H and O–H groups in total. The molecule has 3 fully saturated rings. The van der Waals surface area contributed by atoms with Gasteiger partial charge in [0.15, 0.2) is 0 Å². The molecule has 6 nitrogen and oxygen atoms in total. The minimum atomic E-state index is -3.40. The monoisotopic (exact) mass is 454 g/mol. The van der Waals surface area contributed by atoms with Crippen LogP contribution in [0.2, 0.25) is 0 Å². The van der Waals surface area contributed by atoms with E-state index in [1.54, 1.807) is 18.6 Å². The molecule has 1 heterocycles. The lowest BCUT2D eigenvalue weighted by Gasteiger charge is -2.36. The van der Waals surface area contributed by atoms with Gasteiger partial charge in [0.05, 0.1) is 23.5 Å². The Labute approximate surface area is 189 Å². The fourth-order valence-electron chi connectivity index (χ4n) is 6.50. The molecule has 0 aromatic rings. The van der Waals surface area contributed by atoms with Crippen LogP contribution < -0.4 is 0 Å². The van der Waals surface area contributed by atoms with E-state index < -0.39 is 10.0 Å². The predicted molar refractivity (Wildman–Crippen MR) is 124 cm³/mol. The van der Waals surface area contributed by atoms with Crippen molar-refractivity contribution in [3.05, 3.63) is 0 Å². The lowest BCUT2D eigenvalue weighted by Crippen LogP contribution is -2.44. The van der Waals surface area contributed by atoms with Crippen LogP contribution in [0.1, 0.15) is 90.4 Å². The summed E-state index contributed by atoms with van der Waals surface area (Å²) in [5.41, 5.74) is 1.10. The van der Waals surface area contributed by atoms with Crippen LogP contribution in [0.15, 0.2) is 5.10 Å². The summed E-state index contributed by atoms with van der Waals surface area (Å²) in [7, 11) is 0.104. The molecular formula is C24H42N2O4S. The fraction of sp³-hybridized carbons (Fsp3) is 0.958. The van der Waals surface area contributed by atoms with Crippen LogP contribution in [0.3, 0.4) is 0 Å². The third-order valence-corrected chi connectivity index (χ3v) is 10.8. The summed E-state index contributed by atoms with van der Waals surface area (Å²) in [5, 5.41) is 4.66. The van der Waals surface area contributed by atoms with Gasteiger partial charge in [0.2, 0.25) is 0 Å². The molecule has 3 saturated carbocycles. The molecule has 3 aliphatic carbocycles. The zero-order valence-corrected chi connectivity index (χ0v) is 20.5. The van der Waals surface area contributed by atoms with Crippen molar-refractivity contribution >= 4 is 15.7 Å². The maximum Gasteiger partial charge on any atom is 0.252 e. The quantitative estimate of drug-likeness (QED) is 0.581. The van der Waals surface area contributed by atoms with Crippen LogP contribution in [0.5, 0.6) is 0 Å². The Morgan fingerprint density at radius 1 is 0.871 bits per heavy atom. The number of sulfonamides is 1. The molecule has 0 amide bonds. The Kier molecular flexibility index (Phi) is 7.64. The van der Waals surface area contributed by atoms with E-state index in [1.807, 2.05) is 0 Å². The van der Waals surface area contributed by atoms with Gasteiger partial charge in [-0.1, -0.05) is 26.2 Å². The minimum absolute atomic E-state index is 0.0285. The summed E-state index contributed by atoms with van der Waals surface area (Å²) in [5.74, 6) is 1.38. The van der Waals surface area contributed by atoms with E-state index in [1.165, 1.54) is 19.3 Å². The first-order chi connectivity index (χ1) is 14.9. The molecular weight excluding hydrogens is 412 g/mol. The average molecular weight is 455 g/mol. The van der Waals surface area contributed by atoms with Crippen LogP contribution in [-0.2, 0) is 19.5 Å². The van der Waals surface area contributed by atoms with Crippen molar-refractivity contribution < 1.29 is 17.9 Å². The molecule has 0 bridgehead atoms. The summed E-state index contributed by atoms with van der Waals surface area (Å²) < 4.78 is 40.5. The molecule has 4 rings (SSSR count). The second-order valence-corrected chi connectivity index (χ2v) is 12.6. The lowest BCUT2D eigenvalue weighted by molar-refractivity contribution is -0.0639. The Balaban J connectivity index is 1.56. The van der Waals surface area contributed by atoms with E-state index in [2.05, 4.69) is 6.92 Å². The molecule has 0 saturated heterocycles. The first-order valence-electron chi connectivity index (χ1n) is 12.6. The van der Waals surface area contributed by atoms with Crippen LogP contribution >= 0.6 is 0 Å². The van der Waals surface area contributed by atoms with Crippen LogP contribution in [0.25, 0.3) is 0 Å². The first-order valence-corrected chi connectivity index (χ1v) is 14.1. The molecule has 0 aromatic carbocycles. The van der Waals surface area contributed by atoms with Crippen molar-refractivity contribution in [2.24, 2.45) is 22.9 Å². The zero-order valence-electron chi connectivity index (χ0n) is 19.7. The highest BCUT2D eigenvalue weighted by Crippen LogP contribution is 2.41. The highest BCUT2D eigenvalue weighted by molar-refractivity contribution is 7.89. The Bertz CT molecular complexity index is 726. The molecule has 0 spiro atoms. The van der Waals surface area contributed by atoms with Gasteiger partial charge in [-0.2, -0.15) is 9.52 Å². The maximum atomic E-state index is 13.8. The number of methoxy groups -OCH3 is 2. The Morgan fingerprint density at radius 2 is 1.55 bits per heavy atom. The molecule has 0 radical (unpaired) electrons. The lowest BCUT2D eigenvalue weighted by atomic mass is 9.78. The SMILES string of the molecule is COC1CCC(C2=NN(S(=O)(=O)C3CCC(C)CC3)C(C3CCCCC3)C2)CC1OC. The van der Waals surface area contributed by atoms with Crippen molar-refractivity contribution in [3.8, 4) is 0 Å². The summed E-state index contributed by atoms with van der Waals surface area (Å²) >= 11 is 0. The van der Waals surface area contributed by atoms with E-state index in [-0.39, 0.29) is 23.5 Å². The topological polar surface area (TPSA) is 68.2 Å². The van der Waals surface area contributed by atoms with Gasteiger partial charge in [-0.25, -0.2) is 8.42 Å². The zero-order chi connectivity index (χ0) is 22.0. The van der Waals surface area contributed by atoms with E-state index in [9.17, 15) is 8.42 Å². The number of nitrogens with zero attached hydrogens (tertiary/aromatic N) is 2. The highest BCUT2D eigenvalue weighted by Gasteiger charge is 2.46. The van der Waals surface area contributed by atoms with E-state index in [0.29, 0.717) is 17.8 Å². The van der Waals surface area contributed by atoms with Crippen LogP contribution in [-0.4, -0.2) is 56.3 Å². The van der Waals surface area contributed by atoms with E-state index in [0.717, 1.165) is 69.9 Å². The van der Waals surface area contributed by atoms with Gasteiger partial charge in [0, 0.05) is 32.3 Å². The van der Waals surface area contributed by atoms with Crippen molar-refractivity contribution in [2.45, 2.75) is 114 Å². The average Bonchev–Trinajstić information content (AvgIpc) is 3.26. The molecule has 31 heavy (non-hydrogen) atoms. The third kappa shape index (κ3) is 4.98. The second-order valence-electron chi connectivity index (χ2n) is 10.5. The minimum Gasteiger partial charge on any atom is -0.379 e. The summed E-state index contributed by atoms with van der Waals surface area (Å²) in [6, 6.07) is 0.0285. The summed E-state index contributed by atoms with van der Waals surface area (Å²) in [4.78, 5) is 0. The fourth-order valence-corrected chi connectivity index (χ4v) is 8.51. The molecule has 4 aliphatic rings. The molecule has 1 aliphatic heterocycles. The first kappa shape index (κ1) is 23.5. The van der Waals surface area contributed by atoms with Crippen molar-refractivity contribution in [3.63, 3.8) is 0 Å². The van der Waals surface area contributed by atoms with Crippen LogP contribution in [0.4, 0.5) is 0 Å². The summed E-state index contributed by atoms with van der Waals surface area (Å²) in [6.07, 6.45) is 13.4. The van der Waals surface area contributed by atoms with Gasteiger partial charge >= 0.3 is 0 Å². The largest absolute Gasteiger partial charge is 0.379 e. The standard InChI is InChI=1S/C24H42N2O4S/c1-17-9-12-20(13-10-17)31(27,28)26-22(18-7-5-4-6-8-18)16-21(25-26)19-11-14-23(29-2)24(15-19)30-3/h17-20,22-24H,4-16H2,1-3H3. The van der Waals surface area contributed by atoms with Gasteiger partial charge in [-0.3, -0.25) is 0 Å². The van der Waals surface area contributed by atoms with Crippen LogP contribution in [0, 0.1) is 17.8 Å². The molecule has 4 atom stereocenters. The van der Waals surface area contributed by atoms with Crippen molar-refractivity contribution in [1.82, 2.24) is 4.41 Å². The van der Waals surface area contributed by atoms with E-state index in [4.69, 9.17) is 14.6 Å². The van der Waals surface area contributed by atoms with Gasteiger partial charge in [0.25, 0.3) is 10.0 Å². The number of ether oxygens (including phenoxy) is 2. The number of rotatable bonds is 6. The molecule has 0 aromatic heterocycles. The maximum absolute atomic E-state index is 13.8. The normalized spacial score (nSPS) is 38.3. The number of hydrogen-bond acceptors (Lipinski definition) is 5. The Hall–Kier alpha value is -0.660. The van der Waals surface area contributed by atoms with Crippen molar-refractivity contribution in [2.75, 3.05) is 14.2 Å².